The van der Waals surface area contributed by atoms with Crippen LogP contribution in [0.25, 0.3) is 0 Å². The first-order valence-electron chi connectivity index (χ1n) is 9.82. The van der Waals surface area contributed by atoms with E-state index in [9.17, 15) is 9.59 Å². The van der Waals surface area contributed by atoms with Crippen LogP contribution in [0.2, 0.25) is 0 Å². The highest BCUT2D eigenvalue weighted by Crippen LogP contribution is 2.37. The van der Waals surface area contributed by atoms with Crippen LogP contribution in [0.1, 0.15) is 41.5 Å². The Morgan fingerprint density at radius 3 is 2.52 bits per heavy atom. The molecule has 0 spiro atoms. The largest absolute Gasteiger partial charge is 0.458 e. The van der Waals surface area contributed by atoms with Crippen LogP contribution in [0.5, 0.6) is 0 Å². The van der Waals surface area contributed by atoms with Crippen LogP contribution in [-0.2, 0) is 20.9 Å². The minimum absolute atomic E-state index is 0.00912. The van der Waals surface area contributed by atoms with Crippen LogP contribution in [0, 0.1) is 13.8 Å². The van der Waals surface area contributed by atoms with Gasteiger partial charge in [0.15, 0.2) is 0 Å². The van der Waals surface area contributed by atoms with Gasteiger partial charge in [0.25, 0.3) is 0 Å². The number of aryl methyl sites for hydroxylation is 2. The number of hydrogen-bond acceptors (Lipinski definition) is 3. The molecular formula is C25H27NO3. The predicted molar refractivity (Wildman–Crippen MR) is 114 cm³/mol. The first kappa shape index (κ1) is 20.6. The van der Waals surface area contributed by atoms with E-state index in [1.165, 1.54) is 0 Å². The quantitative estimate of drug-likeness (QED) is 0.525. The summed E-state index contributed by atoms with van der Waals surface area (Å²) in [5.41, 5.74) is 5.45. The number of esters is 1. The van der Waals surface area contributed by atoms with Crippen molar-refractivity contribution >= 4 is 11.9 Å². The van der Waals surface area contributed by atoms with Gasteiger partial charge in [-0.3, -0.25) is 4.79 Å². The topological polar surface area (TPSA) is 46.6 Å². The van der Waals surface area contributed by atoms with Crippen molar-refractivity contribution in [3.8, 4) is 0 Å². The Hall–Kier alpha value is -3.14. The van der Waals surface area contributed by atoms with Gasteiger partial charge in [-0.1, -0.05) is 72.3 Å². The lowest BCUT2D eigenvalue weighted by Gasteiger charge is -2.34. The first-order chi connectivity index (χ1) is 13.9. The Bertz CT molecular complexity index is 956. The summed E-state index contributed by atoms with van der Waals surface area (Å²) in [6.07, 6.45) is 1.79. The number of carbonyl (C=O) groups is 2. The summed E-state index contributed by atoms with van der Waals surface area (Å²) in [5, 5.41) is 0. The fourth-order valence-corrected chi connectivity index (χ4v) is 3.76. The normalized spacial score (nSPS) is 16.7. The molecule has 1 heterocycles. The molecule has 0 saturated carbocycles. The third kappa shape index (κ3) is 4.65. The molecule has 1 unspecified atom stereocenters. The fraction of sp³-hybridized carbons (Fsp3) is 0.280. The van der Waals surface area contributed by atoms with E-state index in [0.29, 0.717) is 17.8 Å². The molecule has 1 amide bonds. The molecule has 1 aliphatic heterocycles. The zero-order valence-electron chi connectivity index (χ0n) is 17.3. The molecule has 150 valence electrons. The summed E-state index contributed by atoms with van der Waals surface area (Å²) in [6, 6.07) is 16.0. The molecule has 0 fully saturated rings. The second-order valence-corrected chi connectivity index (χ2v) is 7.52. The minimum Gasteiger partial charge on any atom is -0.458 e. The van der Waals surface area contributed by atoms with Crippen LogP contribution in [-0.4, -0.2) is 23.4 Å². The monoisotopic (exact) mass is 389 g/mol. The molecule has 0 radical (unpaired) electrons. The maximum Gasteiger partial charge on any atom is 0.336 e. The van der Waals surface area contributed by atoms with Gasteiger partial charge in [0, 0.05) is 18.0 Å². The number of carbonyl (C=O) groups excluding carboxylic acids is 2. The lowest BCUT2D eigenvalue weighted by atomic mass is 9.83. The summed E-state index contributed by atoms with van der Waals surface area (Å²) in [5.74, 6) is -0.696. The predicted octanol–water partition coefficient (Wildman–Crippen LogP) is 4.82. The summed E-state index contributed by atoms with van der Waals surface area (Å²) in [6.45, 7) is 10.1. The van der Waals surface area contributed by atoms with Gasteiger partial charge >= 0.3 is 5.97 Å². The van der Waals surface area contributed by atoms with Gasteiger partial charge in [-0.15, -0.1) is 0 Å². The molecule has 1 aliphatic rings. The van der Waals surface area contributed by atoms with Crippen LogP contribution in [0.4, 0.5) is 0 Å². The number of amides is 1. The van der Waals surface area contributed by atoms with Gasteiger partial charge in [0.05, 0.1) is 12.1 Å². The van der Waals surface area contributed by atoms with Crippen molar-refractivity contribution in [1.82, 2.24) is 4.90 Å². The van der Waals surface area contributed by atoms with E-state index >= 15 is 0 Å². The smallest absolute Gasteiger partial charge is 0.336 e. The molecule has 29 heavy (non-hydrogen) atoms. The highest BCUT2D eigenvalue weighted by Gasteiger charge is 2.36. The second kappa shape index (κ2) is 8.91. The average molecular weight is 389 g/mol. The molecule has 0 aliphatic carbocycles. The highest BCUT2D eigenvalue weighted by atomic mass is 16.5. The third-order valence-electron chi connectivity index (χ3n) is 5.28. The lowest BCUT2D eigenvalue weighted by molar-refractivity contribution is -0.139. The van der Waals surface area contributed by atoms with Gasteiger partial charge in [-0.25, -0.2) is 4.79 Å². The maximum absolute atomic E-state index is 13.1. The van der Waals surface area contributed by atoms with Crippen LogP contribution >= 0.6 is 0 Å². The molecule has 0 bridgehead atoms. The minimum atomic E-state index is -0.394. The van der Waals surface area contributed by atoms with E-state index in [2.05, 4.69) is 12.6 Å². The van der Waals surface area contributed by atoms with Crippen molar-refractivity contribution in [2.24, 2.45) is 0 Å². The number of ether oxygens (including phenoxy) is 1. The SMILES string of the molecule is C=CCOC(=O)C1=C(C)N(Cc2cccc(C)c2)C(=O)CC1c1ccc(C)cc1. The Morgan fingerprint density at radius 1 is 1.14 bits per heavy atom. The highest BCUT2D eigenvalue weighted by molar-refractivity contribution is 5.95. The molecule has 2 aromatic carbocycles. The van der Waals surface area contributed by atoms with Crippen molar-refractivity contribution in [3.05, 3.63) is 94.7 Å². The van der Waals surface area contributed by atoms with Gasteiger partial charge in [0.1, 0.15) is 6.61 Å². The van der Waals surface area contributed by atoms with E-state index < -0.39 is 5.97 Å². The molecule has 0 aromatic heterocycles. The van der Waals surface area contributed by atoms with Crippen molar-refractivity contribution in [3.63, 3.8) is 0 Å². The van der Waals surface area contributed by atoms with E-state index in [1.54, 1.807) is 11.0 Å². The lowest BCUT2D eigenvalue weighted by Crippen LogP contribution is -2.38. The molecule has 4 nitrogen and oxygen atoms in total. The van der Waals surface area contributed by atoms with Crippen molar-refractivity contribution in [2.45, 2.75) is 39.7 Å². The van der Waals surface area contributed by atoms with Crippen LogP contribution in [0.3, 0.4) is 0 Å². The molecule has 2 aromatic rings. The Labute approximate surface area is 172 Å². The van der Waals surface area contributed by atoms with Gasteiger partial charge in [-0.05, 0) is 31.9 Å². The summed E-state index contributed by atoms with van der Waals surface area (Å²) < 4.78 is 5.38. The zero-order chi connectivity index (χ0) is 21.0. The summed E-state index contributed by atoms with van der Waals surface area (Å²) in [7, 11) is 0. The van der Waals surface area contributed by atoms with E-state index in [0.717, 1.165) is 22.3 Å². The van der Waals surface area contributed by atoms with E-state index in [4.69, 9.17) is 4.74 Å². The van der Waals surface area contributed by atoms with Crippen LogP contribution in [0.15, 0.2) is 72.5 Å². The Kier molecular flexibility index (Phi) is 6.32. The number of nitrogens with zero attached hydrogens (tertiary/aromatic N) is 1. The molecule has 0 saturated heterocycles. The van der Waals surface area contributed by atoms with E-state index in [-0.39, 0.29) is 24.9 Å². The van der Waals surface area contributed by atoms with Gasteiger partial charge in [0.2, 0.25) is 5.91 Å². The Balaban J connectivity index is 2.01. The maximum atomic E-state index is 13.1. The summed E-state index contributed by atoms with van der Waals surface area (Å²) >= 11 is 0. The standard InChI is InChI=1S/C25H27NO3/c1-5-13-29-25(28)24-19(4)26(16-20-8-6-7-18(3)14-20)23(27)15-22(24)21-11-9-17(2)10-12-21/h5-12,14,22H,1,13,15-16H2,2-4H3. The van der Waals surface area contributed by atoms with Gasteiger partial charge in [-0.2, -0.15) is 0 Å². The van der Waals surface area contributed by atoms with E-state index in [1.807, 2.05) is 63.2 Å². The molecule has 3 rings (SSSR count). The van der Waals surface area contributed by atoms with Crippen molar-refractivity contribution < 1.29 is 14.3 Å². The number of benzene rings is 2. The van der Waals surface area contributed by atoms with Crippen LogP contribution < -0.4 is 0 Å². The zero-order valence-corrected chi connectivity index (χ0v) is 17.3. The molecule has 4 heteroatoms. The van der Waals surface area contributed by atoms with Crippen molar-refractivity contribution in [1.29, 1.82) is 0 Å². The Morgan fingerprint density at radius 2 is 1.86 bits per heavy atom. The van der Waals surface area contributed by atoms with Gasteiger partial charge < -0.3 is 9.64 Å². The number of hydrogen-bond donors (Lipinski definition) is 0. The average Bonchev–Trinajstić information content (AvgIpc) is 2.69. The molecule has 1 atom stereocenters. The molecule has 0 N–H and O–H groups in total. The fourth-order valence-electron chi connectivity index (χ4n) is 3.76. The molecular weight excluding hydrogens is 362 g/mol. The number of allylic oxidation sites excluding steroid dienone is 1. The second-order valence-electron chi connectivity index (χ2n) is 7.52. The summed E-state index contributed by atoms with van der Waals surface area (Å²) in [4.78, 5) is 27.7. The number of rotatable bonds is 6. The van der Waals surface area contributed by atoms with Crippen molar-refractivity contribution in [2.75, 3.05) is 6.61 Å². The third-order valence-corrected chi connectivity index (χ3v) is 5.28. The first-order valence-corrected chi connectivity index (χ1v) is 9.82.